The molecule has 0 aliphatic heterocycles. The van der Waals surface area contributed by atoms with E-state index in [4.69, 9.17) is 14.2 Å². The van der Waals surface area contributed by atoms with Crippen molar-refractivity contribution in [2.75, 3.05) is 20.3 Å². The van der Waals surface area contributed by atoms with E-state index in [1.807, 2.05) is 55.6 Å². The zero-order chi connectivity index (χ0) is 18.4. The van der Waals surface area contributed by atoms with Crippen LogP contribution in [0.15, 0.2) is 48.7 Å². The standard InChI is InChI=1S/C21H23NO4/c1-15-10-19-18(12-20(15)26-14-16-6-4-3-5-7-16)17(13-22-19)11-21(23)25-9-8-24-2/h3-7,10,12-13,22H,8-9,11,14H2,1-2H3. The molecule has 0 saturated carbocycles. The van der Waals surface area contributed by atoms with Gasteiger partial charge in [-0.25, -0.2) is 0 Å². The molecular formula is C21H23NO4. The van der Waals surface area contributed by atoms with Gasteiger partial charge in [0.25, 0.3) is 0 Å². The van der Waals surface area contributed by atoms with E-state index < -0.39 is 0 Å². The second-order valence-electron chi connectivity index (χ2n) is 6.14. The van der Waals surface area contributed by atoms with Crippen molar-refractivity contribution in [3.63, 3.8) is 0 Å². The van der Waals surface area contributed by atoms with Crippen LogP contribution in [-0.4, -0.2) is 31.3 Å². The lowest BCUT2D eigenvalue weighted by Gasteiger charge is -2.10. The van der Waals surface area contributed by atoms with Crippen molar-refractivity contribution in [1.29, 1.82) is 0 Å². The van der Waals surface area contributed by atoms with E-state index in [0.717, 1.165) is 33.3 Å². The minimum Gasteiger partial charge on any atom is -0.489 e. The van der Waals surface area contributed by atoms with Gasteiger partial charge in [0.2, 0.25) is 0 Å². The average molecular weight is 353 g/mol. The number of methoxy groups -OCH3 is 1. The highest BCUT2D eigenvalue weighted by Crippen LogP contribution is 2.28. The summed E-state index contributed by atoms with van der Waals surface area (Å²) < 4.78 is 16.0. The van der Waals surface area contributed by atoms with Crippen molar-refractivity contribution in [3.05, 3.63) is 65.4 Å². The maximum Gasteiger partial charge on any atom is 0.310 e. The van der Waals surface area contributed by atoms with E-state index in [9.17, 15) is 4.79 Å². The number of aromatic nitrogens is 1. The molecule has 0 atom stereocenters. The fourth-order valence-electron chi connectivity index (χ4n) is 2.80. The number of carbonyl (C=O) groups excluding carboxylic acids is 1. The summed E-state index contributed by atoms with van der Waals surface area (Å²) in [4.78, 5) is 15.2. The van der Waals surface area contributed by atoms with E-state index in [1.165, 1.54) is 0 Å². The van der Waals surface area contributed by atoms with Gasteiger partial charge in [-0.3, -0.25) is 4.79 Å². The zero-order valence-electron chi connectivity index (χ0n) is 15.1. The molecule has 0 unspecified atom stereocenters. The number of esters is 1. The third-order valence-electron chi connectivity index (χ3n) is 4.19. The van der Waals surface area contributed by atoms with Crippen LogP contribution in [0.4, 0.5) is 0 Å². The second kappa shape index (κ2) is 8.54. The Morgan fingerprint density at radius 2 is 1.92 bits per heavy atom. The molecule has 0 bridgehead atoms. The lowest BCUT2D eigenvalue weighted by atomic mass is 10.1. The molecule has 0 spiro atoms. The van der Waals surface area contributed by atoms with Crippen LogP contribution in [-0.2, 0) is 27.3 Å². The first kappa shape index (κ1) is 18.0. The number of hydrogen-bond donors (Lipinski definition) is 1. The Morgan fingerprint density at radius 3 is 2.69 bits per heavy atom. The Morgan fingerprint density at radius 1 is 1.12 bits per heavy atom. The molecular weight excluding hydrogens is 330 g/mol. The molecule has 1 heterocycles. The van der Waals surface area contributed by atoms with Crippen molar-refractivity contribution in [2.24, 2.45) is 0 Å². The number of ether oxygens (including phenoxy) is 3. The molecule has 5 heteroatoms. The van der Waals surface area contributed by atoms with Gasteiger partial charge in [-0.15, -0.1) is 0 Å². The van der Waals surface area contributed by atoms with Gasteiger partial charge >= 0.3 is 5.97 Å². The van der Waals surface area contributed by atoms with Gasteiger partial charge in [0.1, 0.15) is 19.0 Å². The van der Waals surface area contributed by atoms with Crippen LogP contribution in [0.1, 0.15) is 16.7 Å². The smallest absolute Gasteiger partial charge is 0.310 e. The lowest BCUT2D eigenvalue weighted by molar-refractivity contribution is -0.144. The molecule has 26 heavy (non-hydrogen) atoms. The first-order valence-electron chi connectivity index (χ1n) is 8.59. The average Bonchev–Trinajstić information content (AvgIpc) is 3.02. The molecule has 0 radical (unpaired) electrons. The summed E-state index contributed by atoms with van der Waals surface area (Å²) in [5, 5.41) is 0.974. The highest BCUT2D eigenvalue weighted by atomic mass is 16.6. The van der Waals surface area contributed by atoms with Gasteiger partial charge in [-0.2, -0.15) is 0 Å². The van der Waals surface area contributed by atoms with Gasteiger partial charge in [-0.05, 0) is 35.7 Å². The van der Waals surface area contributed by atoms with Gasteiger partial charge in [0, 0.05) is 24.2 Å². The number of carbonyl (C=O) groups is 1. The fourth-order valence-corrected chi connectivity index (χ4v) is 2.80. The van der Waals surface area contributed by atoms with Crippen LogP contribution in [0.3, 0.4) is 0 Å². The molecule has 136 valence electrons. The fraction of sp³-hybridized carbons (Fsp3) is 0.286. The van der Waals surface area contributed by atoms with Crippen molar-refractivity contribution in [2.45, 2.75) is 20.0 Å². The molecule has 0 aliphatic rings. The molecule has 1 aromatic heterocycles. The van der Waals surface area contributed by atoms with Gasteiger partial charge in [0.15, 0.2) is 0 Å². The molecule has 3 aromatic rings. The van der Waals surface area contributed by atoms with Gasteiger partial charge in [-0.1, -0.05) is 30.3 Å². The molecule has 0 aliphatic carbocycles. The van der Waals surface area contributed by atoms with Crippen molar-refractivity contribution < 1.29 is 19.0 Å². The lowest BCUT2D eigenvalue weighted by Crippen LogP contribution is -2.11. The largest absolute Gasteiger partial charge is 0.489 e. The first-order valence-corrected chi connectivity index (χ1v) is 8.59. The summed E-state index contributed by atoms with van der Waals surface area (Å²) in [7, 11) is 1.58. The summed E-state index contributed by atoms with van der Waals surface area (Å²) in [5.74, 6) is 0.547. The number of H-pyrrole nitrogens is 1. The molecule has 0 amide bonds. The molecule has 1 N–H and O–H groups in total. The van der Waals surface area contributed by atoms with Crippen LogP contribution in [0.5, 0.6) is 5.75 Å². The second-order valence-corrected chi connectivity index (χ2v) is 6.14. The molecule has 3 rings (SSSR count). The number of fused-ring (bicyclic) bond motifs is 1. The third kappa shape index (κ3) is 4.43. The van der Waals surface area contributed by atoms with E-state index in [-0.39, 0.29) is 19.0 Å². The van der Waals surface area contributed by atoms with Crippen molar-refractivity contribution in [3.8, 4) is 5.75 Å². The minimum absolute atomic E-state index is 0.213. The van der Waals surface area contributed by atoms with E-state index in [2.05, 4.69) is 4.98 Å². The summed E-state index contributed by atoms with van der Waals surface area (Å²) in [6, 6.07) is 14.1. The summed E-state index contributed by atoms with van der Waals surface area (Å²) >= 11 is 0. The van der Waals surface area contributed by atoms with Crippen LogP contribution >= 0.6 is 0 Å². The maximum absolute atomic E-state index is 12.0. The van der Waals surface area contributed by atoms with Gasteiger partial charge < -0.3 is 19.2 Å². The Bertz CT molecular complexity index is 870. The highest BCUT2D eigenvalue weighted by molar-refractivity contribution is 5.89. The normalized spacial score (nSPS) is 10.8. The minimum atomic E-state index is -0.268. The van der Waals surface area contributed by atoms with Crippen LogP contribution in [0.25, 0.3) is 10.9 Å². The van der Waals surface area contributed by atoms with Crippen LogP contribution in [0.2, 0.25) is 0 Å². The Hall–Kier alpha value is -2.79. The predicted molar refractivity (Wildman–Crippen MR) is 100 cm³/mol. The van der Waals surface area contributed by atoms with E-state index >= 15 is 0 Å². The predicted octanol–water partition coefficient (Wildman–Crippen LogP) is 3.79. The zero-order valence-corrected chi connectivity index (χ0v) is 15.1. The Kier molecular flexibility index (Phi) is 5.92. The molecule has 5 nitrogen and oxygen atoms in total. The number of hydrogen-bond acceptors (Lipinski definition) is 4. The highest BCUT2D eigenvalue weighted by Gasteiger charge is 2.12. The number of aryl methyl sites for hydroxylation is 1. The van der Waals surface area contributed by atoms with Crippen LogP contribution in [0, 0.1) is 6.92 Å². The van der Waals surface area contributed by atoms with E-state index in [1.54, 1.807) is 7.11 Å². The maximum atomic E-state index is 12.0. The number of benzene rings is 2. The van der Waals surface area contributed by atoms with E-state index in [0.29, 0.717) is 13.2 Å². The SMILES string of the molecule is COCCOC(=O)Cc1c[nH]c2cc(C)c(OCc3ccccc3)cc12. The Labute approximate surface area is 152 Å². The number of nitrogens with one attached hydrogen (secondary N) is 1. The first-order chi connectivity index (χ1) is 12.7. The summed E-state index contributed by atoms with van der Waals surface area (Å²) in [5.41, 5.74) is 4.04. The van der Waals surface area contributed by atoms with Crippen molar-refractivity contribution >= 4 is 16.9 Å². The van der Waals surface area contributed by atoms with Crippen LogP contribution < -0.4 is 4.74 Å². The molecule has 0 saturated heterocycles. The quantitative estimate of drug-likeness (QED) is 0.494. The topological polar surface area (TPSA) is 60.5 Å². The summed E-state index contributed by atoms with van der Waals surface area (Å²) in [6.07, 6.45) is 2.06. The summed E-state index contributed by atoms with van der Waals surface area (Å²) in [6.45, 7) is 3.18. The number of rotatable bonds is 8. The Balaban J connectivity index is 1.74. The van der Waals surface area contributed by atoms with Crippen molar-refractivity contribution in [1.82, 2.24) is 4.98 Å². The monoisotopic (exact) mass is 353 g/mol. The van der Waals surface area contributed by atoms with Gasteiger partial charge in [0.05, 0.1) is 13.0 Å². The third-order valence-corrected chi connectivity index (χ3v) is 4.19. The molecule has 0 fully saturated rings. The number of aromatic amines is 1. The molecule has 2 aromatic carbocycles.